The summed E-state index contributed by atoms with van der Waals surface area (Å²) in [6.45, 7) is 3.77. The molecule has 0 N–H and O–H groups in total. The molecule has 0 fully saturated rings. The molecule has 1 unspecified atom stereocenters. The fourth-order valence-electron chi connectivity index (χ4n) is 2.27. The van der Waals surface area contributed by atoms with E-state index in [4.69, 9.17) is 0 Å². The Kier molecular flexibility index (Phi) is 6.67. The van der Waals surface area contributed by atoms with Crippen molar-refractivity contribution in [3.63, 3.8) is 0 Å². The van der Waals surface area contributed by atoms with Gasteiger partial charge in [-0.1, -0.05) is 43.8 Å². The van der Waals surface area contributed by atoms with Gasteiger partial charge in [-0.15, -0.1) is 15.3 Å². The van der Waals surface area contributed by atoms with E-state index in [2.05, 4.69) is 52.7 Å². The zero-order valence-electron chi connectivity index (χ0n) is 10.7. The lowest BCUT2D eigenvalue weighted by Crippen LogP contribution is -2.24. The maximum Gasteiger partial charge on any atom is 0.127 e. The van der Waals surface area contributed by atoms with Crippen LogP contribution in [0.1, 0.15) is 44.9 Å². The SMILES string of the molecule is C[Si](C)(Br)C1CC/C=C/CC/C=C/CCC1. The van der Waals surface area contributed by atoms with E-state index in [-0.39, 0.29) is 0 Å². The molecule has 1 rings (SSSR count). The smallest absolute Gasteiger partial charge is 0.126 e. The van der Waals surface area contributed by atoms with Gasteiger partial charge in [-0.3, -0.25) is 0 Å². The first-order valence-corrected chi connectivity index (χ1v) is 11.9. The normalized spacial score (nSPS) is 28.8. The predicted molar refractivity (Wildman–Crippen MR) is 80.8 cm³/mol. The minimum Gasteiger partial charge on any atom is -0.126 e. The van der Waals surface area contributed by atoms with Gasteiger partial charge in [0.2, 0.25) is 0 Å². The van der Waals surface area contributed by atoms with Crippen molar-refractivity contribution in [2.45, 2.75) is 63.6 Å². The molecule has 0 saturated heterocycles. The molecule has 0 aromatic carbocycles. The molecule has 0 amide bonds. The second kappa shape index (κ2) is 7.49. The average Bonchev–Trinajstić information content (AvgIpc) is 2.16. The highest BCUT2D eigenvalue weighted by Gasteiger charge is 2.27. The van der Waals surface area contributed by atoms with Gasteiger partial charge in [0.1, 0.15) is 6.69 Å². The zero-order chi connectivity index (χ0) is 11.9. The maximum absolute atomic E-state index is 3.98. The molecule has 0 saturated carbocycles. The molecule has 0 bridgehead atoms. The van der Waals surface area contributed by atoms with E-state index in [1.807, 2.05) is 0 Å². The number of halogens is 1. The third-order valence-electron chi connectivity index (χ3n) is 3.41. The highest BCUT2D eigenvalue weighted by atomic mass is 79.9. The van der Waals surface area contributed by atoms with Gasteiger partial charge in [-0.2, -0.15) is 0 Å². The summed E-state index contributed by atoms with van der Waals surface area (Å²) in [6.07, 6.45) is 18.6. The molecule has 1 aliphatic rings. The molecule has 0 aromatic heterocycles. The summed E-state index contributed by atoms with van der Waals surface area (Å²) < 4.78 is 0. The second-order valence-corrected chi connectivity index (χ2v) is 15.4. The van der Waals surface area contributed by atoms with Crippen LogP contribution >= 0.6 is 15.3 Å². The van der Waals surface area contributed by atoms with Crippen LogP contribution < -0.4 is 0 Å². The Bertz CT molecular complexity index is 238. The number of hydrogen-bond donors (Lipinski definition) is 0. The first kappa shape index (κ1) is 14.2. The third-order valence-corrected chi connectivity index (χ3v) is 7.87. The van der Waals surface area contributed by atoms with E-state index < -0.39 is 6.69 Å². The maximum atomic E-state index is 3.98. The Morgan fingerprint density at radius 3 is 2.06 bits per heavy atom. The van der Waals surface area contributed by atoms with Gasteiger partial charge < -0.3 is 0 Å². The lowest BCUT2D eigenvalue weighted by Gasteiger charge is -2.26. The Hall–Kier alpha value is 0.177. The van der Waals surface area contributed by atoms with Gasteiger partial charge in [-0.25, -0.2) is 0 Å². The minimum absolute atomic E-state index is 0.935. The molecule has 1 aliphatic carbocycles. The standard InChI is InChI=1S/C14H25BrSi/c1-16(2,15)14-12-10-8-6-4-3-5-7-9-11-13-14/h4,6-7,9,14H,3,5,8,10-13H2,1-2H3/b6-4+,9-7+. The van der Waals surface area contributed by atoms with Crippen molar-refractivity contribution in [3.8, 4) is 0 Å². The largest absolute Gasteiger partial charge is 0.127 e. The van der Waals surface area contributed by atoms with Crippen LogP contribution in [0.3, 0.4) is 0 Å². The Labute approximate surface area is 110 Å². The molecular formula is C14H25BrSi. The molecule has 1 atom stereocenters. The van der Waals surface area contributed by atoms with Gasteiger partial charge in [0.25, 0.3) is 0 Å². The van der Waals surface area contributed by atoms with E-state index in [9.17, 15) is 0 Å². The zero-order valence-corrected chi connectivity index (χ0v) is 13.3. The summed E-state index contributed by atoms with van der Waals surface area (Å²) in [7, 11) is 0. The van der Waals surface area contributed by atoms with Gasteiger partial charge >= 0.3 is 0 Å². The van der Waals surface area contributed by atoms with Crippen molar-refractivity contribution in [2.24, 2.45) is 0 Å². The highest BCUT2D eigenvalue weighted by molar-refractivity contribution is 9.26. The third kappa shape index (κ3) is 6.05. The highest BCUT2D eigenvalue weighted by Crippen LogP contribution is 2.36. The molecule has 2 heteroatoms. The van der Waals surface area contributed by atoms with Crippen molar-refractivity contribution >= 4 is 22.0 Å². The van der Waals surface area contributed by atoms with Gasteiger partial charge in [0, 0.05) is 0 Å². The van der Waals surface area contributed by atoms with Crippen LogP contribution in [0.2, 0.25) is 18.6 Å². The summed E-state index contributed by atoms with van der Waals surface area (Å²) in [5, 5.41) is 0. The predicted octanol–water partition coefficient (Wildman–Crippen LogP) is 5.81. The Morgan fingerprint density at radius 1 is 0.875 bits per heavy atom. The monoisotopic (exact) mass is 300 g/mol. The van der Waals surface area contributed by atoms with Crippen molar-refractivity contribution in [3.05, 3.63) is 24.3 Å². The summed E-state index contributed by atoms with van der Waals surface area (Å²) >= 11 is 3.98. The van der Waals surface area contributed by atoms with Crippen LogP contribution in [0.4, 0.5) is 0 Å². The molecule has 92 valence electrons. The fraction of sp³-hybridized carbons (Fsp3) is 0.714. The average molecular weight is 301 g/mol. The summed E-state index contributed by atoms with van der Waals surface area (Å²) in [6, 6.07) is 0. The topological polar surface area (TPSA) is 0 Å². The van der Waals surface area contributed by atoms with Crippen LogP contribution in [-0.2, 0) is 0 Å². The van der Waals surface area contributed by atoms with Crippen LogP contribution in [0, 0.1) is 0 Å². The summed E-state index contributed by atoms with van der Waals surface area (Å²) in [5.74, 6) is 0. The van der Waals surface area contributed by atoms with E-state index in [0.717, 1.165) is 5.54 Å². The lowest BCUT2D eigenvalue weighted by molar-refractivity contribution is 0.636. The van der Waals surface area contributed by atoms with Gasteiger partial charge in [-0.05, 0) is 44.1 Å². The fourth-order valence-corrected chi connectivity index (χ4v) is 5.39. The van der Waals surface area contributed by atoms with Crippen LogP contribution in [0.25, 0.3) is 0 Å². The summed E-state index contributed by atoms with van der Waals surface area (Å²) in [4.78, 5) is 0. The second-order valence-electron chi connectivity index (χ2n) is 5.29. The molecule has 0 aliphatic heterocycles. The molecular weight excluding hydrogens is 276 g/mol. The first-order chi connectivity index (χ1) is 7.61. The number of rotatable bonds is 1. The van der Waals surface area contributed by atoms with Crippen LogP contribution in [-0.4, -0.2) is 6.69 Å². The van der Waals surface area contributed by atoms with E-state index in [1.54, 1.807) is 0 Å². The molecule has 0 spiro atoms. The van der Waals surface area contributed by atoms with Crippen LogP contribution in [0.5, 0.6) is 0 Å². The van der Waals surface area contributed by atoms with E-state index in [0.29, 0.717) is 0 Å². The molecule has 0 radical (unpaired) electrons. The first-order valence-electron chi connectivity index (χ1n) is 6.59. The van der Waals surface area contributed by atoms with E-state index in [1.165, 1.54) is 44.9 Å². The Balaban J connectivity index is 2.51. The van der Waals surface area contributed by atoms with Crippen molar-refractivity contribution in [1.82, 2.24) is 0 Å². The molecule has 16 heavy (non-hydrogen) atoms. The number of allylic oxidation sites excluding steroid dienone is 4. The lowest BCUT2D eigenvalue weighted by atomic mass is 10.1. The minimum atomic E-state index is -1.12. The molecule has 0 heterocycles. The summed E-state index contributed by atoms with van der Waals surface area (Å²) in [5.41, 5.74) is 0.935. The van der Waals surface area contributed by atoms with Crippen molar-refractivity contribution in [1.29, 1.82) is 0 Å². The van der Waals surface area contributed by atoms with Crippen LogP contribution in [0.15, 0.2) is 24.3 Å². The molecule has 0 aromatic rings. The van der Waals surface area contributed by atoms with Gasteiger partial charge in [0.05, 0.1) is 0 Å². The molecule has 0 nitrogen and oxygen atoms in total. The quantitative estimate of drug-likeness (QED) is 0.325. The van der Waals surface area contributed by atoms with Gasteiger partial charge in [0.15, 0.2) is 0 Å². The number of hydrogen-bond acceptors (Lipinski definition) is 0. The van der Waals surface area contributed by atoms with E-state index >= 15 is 0 Å². The van der Waals surface area contributed by atoms with Crippen molar-refractivity contribution < 1.29 is 0 Å². The van der Waals surface area contributed by atoms with Crippen molar-refractivity contribution in [2.75, 3.05) is 0 Å². The Morgan fingerprint density at radius 2 is 1.44 bits per heavy atom.